The minimum atomic E-state index is -0.167. The van der Waals surface area contributed by atoms with E-state index >= 15 is 0 Å². The first-order chi connectivity index (χ1) is 7.13. The summed E-state index contributed by atoms with van der Waals surface area (Å²) in [7, 11) is 0. The van der Waals surface area contributed by atoms with Gasteiger partial charge in [0.15, 0.2) is 5.82 Å². The lowest BCUT2D eigenvalue weighted by Crippen LogP contribution is -2.38. The first-order valence-corrected chi connectivity index (χ1v) is 5.58. The molecule has 5 nitrogen and oxygen atoms in total. The summed E-state index contributed by atoms with van der Waals surface area (Å²) in [5, 5.41) is 11.5. The molecule has 2 rings (SSSR count). The van der Waals surface area contributed by atoms with Gasteiger partial charge in [-0.05, 0) is 37.1 Å². The summed E-state index contributed by atoms with van der Waals surface area (Å²) in [6.07, 6.45) is 1.85. The molecule has 1 aliphatic rings. The van der Waals surface area contributed by atoms with Gasteiger partial charge in [-0.3, -0.25) is 0 Å². The number of nitrogens with zero attached hydrogens (tertiary/aromatic N) is 4. The standard InChI is InChI=1S/C9H15ClN4O/c1-7(10)8-11-12-13-14(8)9(2)3-5-15-6-4-9/h7H,3-6H2,1-2H3. The number of aromatic nitrogens is 4. The van der Waals surface area contributed by atoms with E-state index in [2.05, 4.69) is 22.4 Å². The highest BCUT2D eigenvalue weighted by atomic mass is 35.5. The fourth-order valence-corrected chi connectivity index (χ4v) is 1.99. The van der Waals surface area contributed by atoms with Gasteiger partial charge in [0.2, 0.25) is 0 Å². The van der Waals surface area contributed by atoms with Crippen molar-refractivity contribution in [1.29, 1.82) is 0 Å². The molecule has 15 heavy (non-hydrogen) atoms. The van der Waals surface area contributed by atoms with Gasteiger partial charge in [-0.1, -0.05) is 0 Å². The molecule has 1 aromatic rings. The van der Waals surface area contributed by atoms with Crippen LogP contribution in [0.4, 0.5) is 0 Å². The highest BCUT2D eigenvalue weighted by molar-refractivity contribution is 6.20. The van der Waals surface area contributed by atoms with Crippen molar-refractivity contribution >= 4 is 11.6 Å². The molecule has 1 aromatic heterocycles. The summed E-state index contributed by atoms with van der Waals surface area (Å²) in [5.41, 5.74) is -0.0553. The van der Waals surface area contributed by atoms with Crippen molar-refractivity contribution in [2.75, 3.05) is 13.2 Å². The predicted molar refractivity (Wildman–Crippen MR) is 55.8 cm³/mol. The van der Waals surface area contributed by atoms with Gasteiger partial charge < -0.3 is 4.74 Å². The van der Waals surface area contributed by atoms with Gasteiger partial charge in [0, 0.05) is 13.2 Å². The van der Waals surface area contributed by atoms with Gasteiger partial charge in [-0.2, -0.15) is 0 Å². The molecule has 1 fully saturated rings. The van der Waals surface area contributed by atoms with Crippen LogP contribution in [0.1, 0.15) is 37.9 Å². The lowest BCUT2D eigenvalue weighted by molar-refractivity contribution is 0.0219. The Morgan fingerprint density at radius 3 is 2.73 bits per heavy atom. The molecule has 0 bridgehead atoms. The van der Waals surface area contributed by atoms with Crippen molar-refractivity contribution in [1.82, 2.24) is 20.2 Å². The monoisotopic (exact) mass is 230 g/mol. The second-order valence-corrected chi connectivity index (χ2v) is 4.83. The molecule has 0 N–H and O–H groups in total. The zero-order valence-corrected chi connectivity index (χ0v) is 9.74. The van der Waals surface area contributed by atoms with Crippen molar-refractivity contribution in [3.63, 3.8) is 0 Å². The molecule has 84 valence electrons. The van der Waals surface area contributed by atoms with Crippen molar-refractivity contribution in [3.05, 3.63) is 5.82 Å². The molecule has 0 aromatic carbocycles. The van der Waals surface area contributed by atoms with E-state index in [1.165, 1.54) is 0 Å². The van der Waals surface area contributed by atoms with E-state index in [9.17, 15) is 0 Å². The molecule has 1 saturated heterocycles. The smallest absolute Gasteiger partial charge is 0.169 e. The maximum atomic E-state index is 6.04. The minimum Gasteiger partial charge on any atom is -0.381 e. The molecule has 0 saturated carbocycles. The Bertz CT molecular complexity index is 333. The van der Waals surface area contributed by atoms with Crippen LogP contribution in [0.15, 0.2) is 0 Å². The summed E-state index contributed by atoms with van der Waals surface area (Å²) >= 11 is 6.04. The van der Waals surface area contributed by atoms with Crippen LogP contribution in [-0.4, -0.2) is 33.4 Å². The third kappa shape index (κ3) is 1.99. The Morgan fingerprint density at radius 2 is 2.13 bits per heavy atom. The molecule has 0 radical (unpaired) electrons. The number of hydrogen-bond acceptors (Lipinski definition) is 4. The highest BCUT2D eigenvalue weighted by Gasteiger charge is 2.33. The second kappa shape index (κ2) is 4.06. The van der Waals surface area contributed by atoms with Gasteiger partial charge in [-0.15, -0.1) is 16.7 Å². The summed E-state index contributed by atoms with van der Waals surface area (Å²) in [4.78, 5) is 0. The van der Waals surface area contributed by atoms with Crippen LogP contribution < -0.4 is 0 Å². The van der Waals surface area contributed by atoms with E-state index in [-0.39, 0.29) is 10.9 Å². The topological polar surface area (TPSA) is 52.8 Å². The van der Waals surface area contributed by atoms with Gasteiger partial charge >= 0.3 is 0 Å². The Morgan fingerprint density at radius 1 is 1.47 bits per heavy atom. The van der Waals surface area contributed by atoms with Gasteiger partial charge in [0.05, 0.1) is 10.9 Å². The minimum absolute atomic E-state index is 0.0553. The maximum Gasteiger partial charge on any atom is 0.169 e. The van der Waals surface area contributed by atoms with E-state index in [0.29, 0.717) is 0 Å². The quantitative estimate of drug-likeness (QED) is 0.723. The average molecular weight is 231 g/mol. The molecular weight excluding hydrogens is 216 g/mol. The Labute approximate surface area is 93.7 Å². The van der Waals surface area contributed by atoms with Crippen molar-refractivity contribution in [2.45, 2.75) is 37.6 Å². The van der Waals surface area contributed by atoms with E-state index < -0.39 is 0 Å². The van der Waals surface area contributed by atoms with E-state index in [1.807, 2.05) is 11.6 Å². The van der Waals surface area contributed by atoms with Crippen LogP contribution in [0.25, 0.3) is 0 Å². The first-order valence-electron chi connectivity index (χ1n) is 5.14. The fourth-order valence-electron chi connectivity index (χ4n) is 1.85. The van der Waals surface area contributed by atoms with Crippen LogP contribution >= 0.6 is 11.6 Å². The first kappa shape index (κ1) is 10.8. The summed E-state index contributed by atoms with van der Waals surface area (Å²) in [6, 6.07) is 0. The van der Waals surface area contributed by atoms with Gasteiger partial charge in [0.1, 0.15) is 0 Å². The molecule has 6 heteroatoms. The maximum absolute atomic E-state index is 6.04. The summed E-state index contributed by atoms with van der Waals surface area (Å²) in [6.45, 7) is 5.54. The zero-order valence-electron chi connectivity index (χ0n) is 8.98. The van der Waals surface area contributed by atoms with Crippen LogP contribution in [0.5, 0.6) is 0 Å². The number of hydrogen-bond donors (Lipinski definition) is 0. The lowest BCUT2D eigenvalue weighted by Gasteiger charge is -2.34. The second-order valence-electron chi connectivity index (χ2n) is 4.17. The largest absolute Gasteiger partial charge is 0.381 e. The molecule has 1 unspecified atom stereocenters. The lowest BCUT2D eigenvalue weighted by atomic mass is 9.92. The van der Waals surface area contributed by atoms with Crippen LogP contribution in [0.2, 0.25) is 0 Å². The Hall–Kier alpha value is -0.680. The van der Waals surface area contributed by atoms with Gasteiger partial charge in [0.25, 0.3) is 0 Å². The van der Waals surface area contributed by atoms with Crippen LogP contribution in [0.3, 0.4) is 0 Å². The van der Waals surface area contributed by atoms with Crippen LogP contribution in [0, 0.1) is 0 Å². The molecule has 1 atom stereocenters. The number of tetrazole rings is 1. The SMILES string of the molecule is CC(Cl)c1nnnn1C1(C)CCOCC1. The molecule has 1 aliphatic heterocycles. The number of ether oxygens (including phenoxy) is 1. The van der Waals surface area contributed by atoms with E-state index in [4.69, 9.17) is 16.3 Å². The predicted octanol–water partition coefficient (Wildman–Crippen LogP) is 1.50. The average Bonchev–Trinajstić information content (AvgIpc) is 2.67. The zero-order chi connectivity index (χ0) is 10.9. The third-order valence-corrected chi connectivity index (χ3v) is 3.13. The molecule has 0 aliphatic carbocycles. The fraction of sp³-hybridized carbons (Fsp3) is 0.889. The molecule has 2 heterocycles. The number of halogens is 1. The Balaban J connectivity index is 2.30. The van der Waals surface area contributed by atoms with Crippen LogP contribution in [-0.2, 0) is 10.3 Å². The normalized spacial score (nSPS) is 22.6. The Kier molecular flexibility index (Phi) is 2.93. The molecular formula is C9H15ClN4O. The highest BCUT2D eigenvalue weighted by Crippen LogP contribution is 2.30. The van der Waals surface area contributed by atoms with Gasteiger partial charge in [-0.25, -0.2) is 4.68 Å². The third-order valence-electron chi connectivity index (χ3n) is 2.93. The van der Waals surface area contributed by atoms with Crippen molar-refractivity contribution < 1.29 is 4.74 Å². The number of alkyl halides is 1. The summed E-state index contributed by atoms with van der Waals surface area (Å²) < 4.78 is 7.20. The van der Waals surface area contributed by atoms with E-state index in [1.54, 1.807) is 0 Å². The number of rotatable bonds is 2. The van der Waals surface area contributed by atoms with Crippen molar-refractivity contribution in [3.8, 4) is 0 Å². The molecule has 0 spiro atoms. The van der Waals surface area contributed by atoms with E-state index in [0.717, 1.165) is 31.9 Å². The summed E-state index contributed by atoms with van der Waals surface area (Å²) in [5.74, 6) is 0.737. The van der Waals surface area contributed by atoms with Crippen molar-refractivity contribution in [2.24, 2.45) is 0 Å². The molecule has 0 amide bonds.